The zero-order chi connectivity index (χ0) is 17.2. The van der Waals surface area contributed by atoms with Crippen molar-refractivity contribution < 1.29 is 9.53 Å². The molecule has 1 aliphatic carbocycles. The van der Waals surface area contributed by atoms with Gasteiger partial charge in [0.2, 0.25) is 0 Å². The minimum atomic E-state index is -0.447. The molecule has 1 aliphatic heterocycles. The Bertz CT molecular complexity index is 549. The first-order valence-corrected chi connectivity index (χ1v) is 9.16. The van der Waals surface area contributed by atoms with Crippen LogP contribution in [0.5, 0.6) is 0 Å². The van der Waals surface area contributed by atoms with Crippen molar-refractivity contribution in [2.24, 2.45) is 11.8 Å². The lowest BCUT2D eigenvalue weighted by Gasteiger charge is -2.39. The van der Waals surface area contributed by atoms with Gasteiger partial charge < -0.3 is 10.1 Å². The van der Waals surface area contributed by atoms with Crippen LogP contribution in [0.25, 0.3) is 0 Å². The van der Waals surface area contributed by atoms with Crippen molar-refractivity contribution in [3.8, 4) is 0 Å². The summed E-state index contributed by atoms with van der Waals surface area (Å²) in [6.45, 7) is 8.71. The quantitative estimate of drug-likeness (QED) is 0.913. The van der Waals surface area contributed by atoms with Gasteiger partial charge in [0.1, 0.15) is 5.60 Å². The second-order valence-corrected chi connectivity index (χ2v) is 8.26. The first-order chi connectivity index (χ1) is 11.4. The van der Waals surface area contributed by atoms with E-state index in [4.69, 9.17) is 4.74 Å². The van der Waals surface area contributed by atoms with Crippen molar-refractivity contribution >= 4 is 6.09 Å². The molecule has 0 spiro atoms. The highest BCUT2D eigenvalue weighted by Gasteiger charge is 2.40. The van der Waals surface area contributed by atoms with E-state index < -0.39 is 5.60 Å². The lowest BCUT2D eigenvalue weighted by Crippen LogP contribution is -2.53. The molecule has 2 atom stereocenters. The molecule has 0 aromatic heterocycles. The van der Waals surface area contributed by atoms with Crippen LogP contribution < -0.4 is 5.32 Å². The van der Waals surface area contributed by atoms with Crippen LogP contribution in [0.15, 0.2) is 30.3 Å². The van der Waals surface area contributed by atoms with Gasteiger partial charge in [0.25, 0.3) is 0 Å². The predicted octanol–water partition coefficient (Wildman–Crippen LogP) is 3.81. The summed E-state index contributed by atoms with van der Waals surface area (Å²) in [4.78, 5) is 14.7. The number of amides is 1. The van der Waals surface area contributed by atoms with Crippen LogP contribution in [-0.2, 0) is 11.3 Å². The highest BCUT2D eigenvalue weighted by molar-refractivity contribution is 5.68. The van der Waals surface area contributed by atoms with Crippen molar-refractivity contribution in [2.75, 3.05) is 13.1 Å². The van der Waals surface area contributed by atoms with Gasteiger partial charge in [-0.2, -0.15) is 0 Å². The number of nitrogens with one attached hydrogen (secondary N) is 1. The molecule has 4 heteroatoms. The maximum absolute atomic E-state index is 12.2. The minimum absolute atomic E-state index is 0.199. The van der Waals surface area contributed by atoms with Crippen molar-refractivity contribution in [3.05, 3.63) is 35.9 Å². The van der Waals surface area contributed by atoms with Crippen LogP contribution in [-0.4, -0.2) is 35.7 Å². The first-order valence-electron chi connectivity index (χ1n) is 9.16. The fourth-order valence-corrected chi connectivity index (χ4v) is 3.72. The van der Waals surface area contributed by atoms with Crippen LogP contribution in [0.1, 0.15) is 45.6 Å². The summed E-state index contributed by atoms with van der Waals surface area (Å²) in [5, 5.41) is 3.16. The van der Waals surface area contributed by atoms with Gasteiger partial charge in [0.05, 0.1) is 0 Å². The number of ether oxygens (including phenoxy) is 1. The van der Waals surface area contributed by atoms with Gasteiger partial charge >= 0.3 is 6.09 Å². The molecule has 1 aromatic carbocycles. The van der Waals surface area contributed by atoms with E-state index in [-0.39, 0.29) is 12.1 Å². The molecule has 1 aromatic rings. The van der Waals surface area contributed by atoms with Gasteiger partial charge in [0, 0.05) is 19.1 Å². The molecular weight excluding hydrogens is 300 g/mol. The van der Waals surface area contributed by atoms with Crippen LogP contribution >= 0.6 is 0 Å². The lowest BCUT2D eigenvalue weighted by molar-refractivity contribution is 0.0411. The summed E-state index contributed by atoms with van der Waals surface area (Å²) in [6, 6.07) is 10.8. The number of rotatable bonds is 4. The molecule has 2 aliphatic rings. The van der Waals surface area contributed by atoms with E-state index in [1.807, 2.05) is 20.8 Å². The molecule has 0 radical (unpaired) electrons. The number of carbonyl (C=O) groups excluding carboxylic acids is 1. The lowest BCUT2D eigenvalue weighted by atomic mass is 9.87. The summed E-state index contributed by atoms with van der Waals surface area (Å²) < 4.78 is 5.47. The Labute approximate surface area is 145 Å². The van der Waals surface area contributed by atoms with E-state index in [1.165, 1.54) is 18.4 Å². The van der Waals surface area contributed by atoms with E-state index in [2.05, 4.69) is 40.5 Å². The summed E-state index contributed by atoms with van der Waals surface area (Å²) in [7, 11) is 0. The molecule has 1 N–H and O–H groups in total. The molecule has 4 nitrogen and oxygen atoms in total. The van der Waals surface area contributed by atoms with Crippen molar-refractivity contribution in [1.29, 1.82) is 0 Å². The topological polar surface area (TPSA) is 41.6 Å². The van der Waals surface area contributed by atoms with Crippen molar-refractivity contribution in [2.45, 2.75) is 58.2 Å². The van der Waals surface area contributed by atoms with E-state index >= 15 is 0 Å². The predicted molar refractivity (Wildman–Crippen MR) is 95.7 cm³/mol. The molecule has 0 unspecified atom stereocenters. The Morgan fingerprint density at radius 1 is 1.21 bits per heavy atom. The van der Waals surface area contributed by atoms with Crippen LogP contribution in [0, 0.1) is 11.8 Å². The first kappa shape index (κ1) is 17.3. The van der Waals surface area contributed by atoms with Gasteiger partial charge in [-0.25, -0.2) is 4.79 Å². The van der Waals surface area contributed by atoms with Crippen LogP contribution in [0.3, 0.4) is 0 Å². The van der Waals surface area contributed by atoms with E-state index in [1.54, 1.807) is 0 Å². The van der Waals surface area contributed by atoms with Crippen LogP contribution in [0.2, 0.25) is 0 Å². The van der Waals surface area contributed by atoms with Crippen LogP contribution in [0.4, 0.5) is 4.79 Å². The number of hydrogen-bond donors (Lipinski definition) is 1. The van der Waals surface area contributed by atoms with Gasteiger partial charge in [-0.3, -0.25) is 4.90 Å². The normalized spacial score (nSPS) is 25.3. The third-order valence-electron chi connectivity index (χ3n) is 4.93. The molecule has 0 bridgehead atoms. The fourth-order valence-electron chi connectivity index (χ4n) is 3.72. The van der Waals surface area contributed by atoms with Gasteiger partial charge in [0.15, 0.2) is 0 Å². The third-order valence-corrected chi connectivity index (χ3v) is 4.93. The van der Waals surface area contributed by atoms with E-state index in [9.17, 15) is 4.79 Å². The molecule has 24 heavy (non-hydrogen) atoms. The zero-order valence-corrected chi connectivity index (χ0v) is 15.1. The van der Waals surface area contributed by atoms with E-state index in [0.29, 0.717) is 5.92 Å². The SMILES string of the molecule is CC(C)(C)OC(=O)N[C@@H]1CN(Cc2ccccc2)CC[C@H]1C1CC1. The summed E-state index contributed by atoms with van der Waals surface area (Å²) >= 11 is 0. The number of piperidine rings is 1. The zero-order valence-electron chi connectivity index (χ0n) is 15.1. The maximum atomic E-state index is 12.2. The molecule has 132 valence electrons. The average molecular weight is 330 g/mol. The van der Waals surface area contributed by atoms with Crippen molar-refractivity contribution in [3.63, 3.8) is 0 Å². The Kier molecular flexibility index (Phi) is 5.14. The fraction of sp³-hybridized carbons (Fsp3) is 0.650. The number of hydrogen-bond acceptors (Lipinski definition) is 3. The molecule has 2 fully saturated rings. The number of benzene rings is 1. The largest absolute Gasteiger partial charge is 0.444 e. The van der Waals surface area contributed by atoms with Gasteiger partial charge in [-0.15, -0.1) is 0 Å². The smallest absolute Gasteiger partial charge is 0.407 e. The Balaban J connectivity index is 1.60. The maximum Gasteiger partial charge on any atom is 0.407 e. The number of nitrogens with zero attached hydrogens (tertiary/aromatic N) is 1. The molecule has 1 saturated heterocycles. The molecule has 1 heterocycles. The third kappa shape index (κ3) is 4.97. The van der Waals surface area contributed by atoms with Crippen molar-refractivity contribution in [1.82, 2.24) is 10.2 Å². The molecule has 3 rings (SSSR count). The number of carbonyl (C=O) groups is 1. The average Bonchev–Trinajstić information content (AvgIpc) is 3.31. The standard InChI is InChI=1S/C20H30N2O2/c1-20(2,3)24-19(23)21-18-14-22(12-11-17(18)16-9-10-16)13-15-7-5-4-6-8-15/h4-8,16-18H,9-14H2,1-3H3,(H,21,23)/t17-,18+/m0/s1. The number of likely N-dealkylation sites (tertiary alicyclic amines) is 1. The second kappa shape index (κ2) is 7.14. The Morgan fingerprint density at radius 3 is 2.54 bits per heavy atom. The monoisotopic (exact) mass is 330 g/mol. The minimum Gasteiger partial charge on any atom is -0.444 e. The molecule has 1 saturated carbocycles. The Morgan fingerprint density at radius 2 is 1.92 bits per heavy atom. The Hall–Kier alpha value is -1.55. The number of alkyl carbamates (subject to hydrolysis) is 1. The van der Waals surface area contributed by atoms with Gasteiger partial charge in [-0.05, 0) is 64.0 Å². The molecule has 1 amide bonds. The second-order valence-electron chi connectivity index (χ2n) is 8.26. The summed E-state index contributed by atoms with van der Waals surface area (Å²) in [6.07, 6.45) is 3.52. The highest BCUT2D eigenvalue weighted by Crippen LogP contribution is 2.42. The van der Waals surface area contributed by atoms with Gasteiger partial charge in [-0.1, -0.05) is 30.3 Å². The summed E-state index contributed by atoms with van der Waals surface area (Å²) in [5.74, 6) is 1.40. The highest BCUT2D eigenvalue weighted by atomic mass is 16.6. The summed E-state index contributed by atoms with van der Waals surface area (Å²) in [5.41, 5.74) is 0.885. The molecular formula is C20H30N2O2. The van der Waals surface area contributed by atoms with E-state index in [0.717, 1.165) is 32.0 Å².